The van der Waals surface area contributed by atoms with Gasteiger partial charge < -0.3 is 23.7 Å². The molecule has 1 spiro atoms. The Hall–Kier alpha value is -3.46. The average molecular weight is 494 g/mol. The fraction of sp³-hybridized carbons (Fsp3) is 0.481. The third-order valence-electron chi connectivity index (χ3n) is 7.38. The van der Waals surface area contributed by atoms with E-state index in [1.165, 1.54) is 7.11 Å². The van der Waals surface area contributed by atoms with Gasteiger partial charge in [0.15, 0.2) is 5.92 Å². The van der Waals surface area contributed by atoms with Gasteiger partial charge in [0.25, 0.3) is 5.56 Å². The largest absolute Gasteiger partial charge is 0.468 e. The van der Waals surface area contributed by atoms with Crippen LogP contribution in [0.4, 0.5) is 5.69 Å². The number of hydrogen-bond donors (Lipinski definition) is 1. The fourth-order valence-electron chi connectivity index (χ4n) is 5.87. The Balaban J connectivity index is 1.83. The fourth-order valence-corrected chi connectivity index (χ4v) is 5.87. The maximum Gasteiger partial charge on any atom is 0.319 e. The number of amides is 1. The van der Waals surface area contributed by atoms with Crippen LogP contribution < -0.4 is 15.2 Å². The van der Waals surface area contributed by atoms with Crippen molar-refractivity contribution in [3.63, 3.8) is 0 Å². The summed E-state index contributed by atoms with van der Waals surface area (Å²) >= 11 is 0. The summed E-state index contributed by atoms with van der Waals surface area (Å²) in [6.45, 7) is 7.16. The minimum Gasteiger partial charge on any atom is -0.468 e. The molecule has 1 N–H and O–H groups in total. The van der Waals surface area contributed by atoms with Crippen molar-refractivity contribution >= 4 is 23.5 Å². The number of para-hydroxylation sites is 1. The molecule has 1 aromatic heterocycles. The number of nitrogens with zero attached hydrogens (tertiary/aromatic N) is 2. The van der Waals surface area contributed by atoms with Crippen LogP contribution in [0, 0.1) is 24.2 Å². The van der Waals surface area contributed by atoms with Crippen molar-refractivity contribution in [2.45, 2.75) is 51.7 Å². The molecule has 4 heterocycles. The van der Waals surface area contributed by atoms with E-state index in [1.54, 1.807) is 34.6 Å². The Bertz CT molecular complexity index is 1310. The lowest BCUT2D eigenvalue weighted by atomic mass is 9.64. The van der Waals surface area contributed by atoms with Gasteiger partial charge in [-0.1, -0.05) is 32.0 Å². The Morgan fingerprint density at radius 1 is 1.28 bits per heavy atom. The molecule has 0 aliphatic carbocycles. The van der Waals surface area contributed by atoms with Crippen molar-refractivity contribution in [1.82, 2.24) is 4.57 Å². The lowest BCUT2D eigenvalue weighted by Crippen LogP contribution is -2.58. The number of methoxy groups -OCH3 is 1. The number of benzene rings is 1. The Kier molecular flexibility index (Phi) is 5.98. The van der Waals surface area contributed by atoms with Crippen LogP contribution >= 0.6 is 0 Å². The van der Waals surface area contributed by atoms with Crippen LogP contribution in [-0.2, 0) is 31.0 Å². The zero-order valence-electron chi connectivity index (χ0n) is 21.0. The van der Waals surface area contributed by atoms with Crippen molar-refractivity contribution in [2.24, 2.45) is 11.8 Å². The number of aromatic nitrogens is 1. The normalized spacial score (nSPS) is 24.8. The monoisotopic (exact) mass is 493 g/mol. The predicted octanol–water partition coefficient (Wildman–Crippen LogP) is 2.78. The van der Waals surface area contributed by atoms with Crippen molar-refractivity contribution in [1.29, 1.82) is 5.41 Å². The molecule has 190 valence electrons. The number of fused-ring (bicyclic) bond motifs is 4. The molecule has 3 aliphatic heterocycles. The van der Waals surface area contributed by atoms with Gasteiger partial charge in [0.05, 0.1) is 25.3 Å². The molecule has 3 aliphatic rings. The van der Waals surface area contributed by atoms with Crippen LogP contribution in [-0.4, -0.2) is 48.7 Å². The summed E-state index contributed by atoms with van der Waals surface area (Å²) in [5.74, 6) is -2.83. The van der Waals surface area contributed by atoms with Crippen molar-refractivity contribution in [2.75, 3.05) is 25.2 Å². The summed E-state index contributed by atoms with van der Waals surface area (Å²) in [6, 6.07) is 8.85. The van der Waals surface area contributed by atoms with Crippen LogP contribution in [0.5, 0.6) is 5.75 Å². The van der Waals surface area contributed by atoms with Crippen molar-refractivity contribution in [3.05, 3.63) is 57.5 Å². The van der Waals surface area contributed by atoms with Gasteiger partial charge in [0.1, 0.15) is 11.2 Å². The summed E-state index contributed by atoms with van der Waals surface area (Å²) in [5, 5.41) is 8.69. The third kappa shape index (κ3) is 3.40. The highest BCUT2D eigenvalue weighted by atomic mass is 16.5. The second-order valence-electron chi connectivity index (χ2n) is 10.1. The Morgan fingerprint density at radius 2 is 2.03 bits per heavy atom. The predicted molar refractivity (Wildman–Crippen MR) is 133 cm³/mol. The maximum absolute atomic E-state index is 14.5. The molecule has 1 saturated heterocycles. The smallest absolute Gasteiger partial charge is 0.319 e. The van der Waals surface area contributed by atoms with Crippen molar-refractivity contribution < 1.29 is 23.8 Å². The van der Waals surface area contributed by atoms with E-state index in [9.17, 15) is 14.4 Å². The van der Waals surface area contributed by atoms with Crippen LogP contribution in [0.3, 0.4) is 0 Å². The summed E-state index contributed by atoms with van der Waals surface area (Å²) in [5.41, 5.74) is -0.364. The lowest BCUT2D eigenvalue weighted by Gasteiger charge is -2.39. The summed E-state index contributed by atoms with van der Waals surface area (Å²) in [4.78, 5) is 43.6. The number of nitrogens with one attached hydrogen (secondary N) is 1. The number of carbonyl (C=O) groups is 2. The van der Waals surface area contributed by atoms with Crippen LogP contribution in [0.2, 0.25) is 0 Å². The van der Waals surface area contributed by atoms with Gasteiger partial charge in [-0.3, -0.25) is 19.8 Å². The highest BCUT2D eigenvalue weighted by Gasteiger charge is 2.66. The zero-order valence-corrected chi connectivity index (χ0v) is 21.0. The number of aryl methyl sites for hydroxylation is 1. The first kappa shape index (κ1) is 24.2. The quantitative estimate of drug-likeness (QED) is 0.642. The number of anilines is 1. The van der Waals surface area contributed by atoms with Crippen LogP contribution in [0.25, 0.3) is 0 Å². The number of carbonyl (C=O) groups excluding carboxylic acids is 2. The lowest BCUT2D eigenvalue weighted by molar-refractivity contribution is -0.147. The molecule has 2 aromatic rings. The first-order valence-corrected chi connectivity index (χ1v) is 12.3. The standard InChI is InChI=1S/C27H31N3O6/c1-15(2)13-30-19-10-6-5-9-18(19)27(26(30)33)21-20(36-23(28)22(27)25(32)34-4)12-16(3)29(24(21)31)14-17-8-7-11-35-17/h5-6,9-10,12,15,17,22,28H,7-8,11,13-14H2,1-4H3. The van der Waals surface area contributed by atoms with Gasteiger partial charge in [0, 0.05) is 30.6 Å². The molecular weight excluding hydrogens is 462 g/mol. The topological polar surface area (TPSA) is 111 Å². The third-order valence-corrected chi connectivity index (χ3v) is 7.38. The van der Waals surface area contributed by atoms with E-state index in [2.05, 4.69) is 0 Å². The number of rotatable bonds is 5. The second-order valence-corrected chi connectivity index (χ2v) is 10.1. The Labute approximate surface area is 209 Å². The van der Waals surface area contributed by atoms with E-state index in [0.717, 1.165) is 12.8 Å². The van der Waals surface area contributed by atoms with E-state index in [-0.39, 0.29) is 23.3 Å². The molecule has 0 bridgehead atoms. The van der Waals surface area contributed by atoms with Gasteiger partial charge >= 0.3 is 5.97 Å². The van der Waals surface area contributed by atoms with Crippen molar-refractivity contribution in [3.8, 4) is 5.75 Å². The highest BCUT2D eigenvalue weighted by Crippen LogP contribution is 2.54. The minimum atomic E-state index is -1.77. The summed E-state index contributed by atoms with van der Waals surface area (Å²) in [6.07, 6.45) is 1.65. The first-order chi connectivity index (χ1) is 17.2. The molecule has 0 radical (unpaired) electrons. The molecule has 1 aromatic carbocycles. The molecule has 3 unspecified atom stereocenters. The Morgan fingerprint density at radius 3 is 2.69 bits per heavy atom. The van der Waals surface area contributed by atoms with E-state index in [4.69, 9.17) is 19.6 Å². The summed E-state index contributed by atoms with van der Waals surface area (Å²) in [7, 11) is 1.21. The van der Waals surface area contributed by atoms with Crippen LogP contribution in [0.15, 0.2) is 35.1 Å². The summed E-state index contributed by atoms with van der Waals surface area (Å²) < 4.78 is 18.3. The zero-order chi connectivity index (χ0) is 25.8. The van der Waals surface area contributed by atoms with Gasteiger partial charge in [-0.15, -0.1) is 0 Å². The van der Waals surface area contributed by atoms with Crippen LogP contribution in [0.1, 0.15) is 43.5 Å². The second kappa shape index (κ2) is 8.89. The molecule has 1 fully saturated rings. The van der Waals surface area contributed by atoms with Gasteiger partial charge in [-0.05, 0) is 37.3 Å². The van der Waals surface area contributed by atoms with Gasteiger partial charge in [0.2, 0.25) is 11.8 Å². The number of ether oxygens (including phenoxy) is 3. The first-order valence-electron chi connectivity index (χ1n) is 12.3. The van der Waals surface area contributed by atoms with E-state index >= 15 is 0 Å². The molecule has 9 heteroatoms. The molecule has 5 rings (SSSR count). The van der Waals surface area contributed by atoms with E-state index < -0.39 is 34.7 Å². The average Bonchev–Trinajstić information content (AvgIpc) is 3.43. The minimum absolute atomic E-state index is 0.0706. The highest BCUT2D eigenvalue weighted by molar-refractivity contribution is 6.18. The molecular formula is C27H31N3O6. The maximum atomic E-state index is 14.5. The molecule has 1 amide bonds. The number of esters is 1. The SMILES string of the molecule is COC(=O)C1C(=N)Oc2cc(C)n(CC3CCCO3)c(=O)c2C12C(=O)N(CC(C)C)c1ccccc12. The molecule has 9 nitrogen and oxygen atoms in total. The molecule has 3 atom stereocenters. The number of pyridine rings is 1. The number of hydrogen-bond acceptors (Lipinski definition) is 7. The van der Waals surface area contributed by atoms with Gasteiger partial charge in [-0.25, -0.2) is 0 Å². The van der Waals surface area contributed by atoms with Gasteiger partial charge in [-0.2, -0.15) is 0 Å². The van der Waals surface area contributed by atoms with E-state index in [0.29, 0.717) is 36.6 Å². The van der Waals surface area contributed by atoms with E-state index in [1.807, 2.05) is 26.0 Å². The molecule has 0 saturated carbocycles. The molecule has 36 heavy (non-hydrogen) atoms.